The third-order valence-corrected chi connectivity index (χ3v) is 6.58. The fourth-order valence-corrected chi connectivity index (χ4v) is 5.12. The van der Waals surface area contributed by atoms with Crippen molar-refractivity contribution in [3.8, 4) is 11.1 Å². The third kappa shape index (κ3) is 5.01. The molecular formula is C26H26ClN3OS. The third-order valence-electron chi connectivity index (χ3n) is 5.34. The first-order chi connectivity index (χ1) is 15.4. The molecule has 4 rings (SSSR count). The summed E-state index contributed by atoms with van der Waals surface area (Å²) in [7, 11) is 4.08. The molecule has 0 aliphatic rings. The van der Waals surface area contributed by atoms with E-state index >= 15 is 0 Å². The zero-order valence-corrected chi connectivity index (χ0v) is 20.1. The summed E-state index contributed by atoms with van der Waals surface area (Å²) < 4.78 is 0.995. The SMILES string of the molecule is Cc1cc(Cl)cc2sc(N(CCCN(C)C)C(=O)c3ccc(-c4ccccc4)cc3)nc12. The number of aryl methyl sites for hydroxylation is 1. The molecule has 3 aromatic carbocycles. The first-order valence-corrected chi connectivity index (χ1v) is 11.8. The highest BCUT2D eigenvalue weighted by atomic mass is 35.5. The summed E-state index contributed by atoms with van der Waals surface area (Å²) in [5.74, 6) is -0.0360. The van der Waals surface area contributed by atoms with E-state index in [1.807, 2.05) is 75.6 Å². The van der Waals surface area contributed by atoms with Crippen LogP contribution < -0.4 is 4.90 Å². The van der Waals surface area contributed by atoms with Crippen LogP contribution in [0.4, 0.5) is 5.13 Å². The summed E-state index contributed by atoms with van der Waals surface area (Å²) in [4.78, 5) is 22.3. The second-order valence-electron chi connectivity index (χ2n) is 8.12. The van der Waals surface area contributed by atoms with Gasteiger partial charge >= 0.3 is 0 Å². The van der Waals surface area contributed by atoms with E-state index in [0.717, 1.165) is 39.9 Å². The van der Waals surface area contributed by atoms with Crippen LogP contribution in [0.3, 0.4) is 0 Å². The maximum atomic E-state index is 13.6. The van der Waals surface area contributed by atoms with E-state index in [4.69, 9.17) is 16.6 Å². The van der Waals surface area contributed by atoms with Crippen LogP contribution in [0.25, 0.3) is 21.3 Å². The molecule has 0 saturated carbocycles. The molecule has 0 aliphatic heterocycles. The number of rotatable bonds is 7. The minimum atomic E-state index is -0.0360. The quantitative estimate of drug-likeness (QED) is 0.313. The lowest BCUT2D eigenvalue weighted by atomic mass is 10.0. The maximum absolute atomic E-state index is 13.6. The highest BCUT2D eigenvalue weighted by Crippen LogP contribution is 2.34. The van der Waals surface area contributed by atoms with Gasteiger partial charge in [-0.3, -0.25) is 9.69 Å². The number of halogens is 1. The molecule has 1 heterocycles. The Morgan fingerprint density at radius 1 is 0.969 bits per heavy atom. The van der Waals surface area contributed by atoms with Crippen molar-refractivity contribution in [1.29, 1.82) is 0 Å². The van der Waals surface area contributed by atoms with Crippen molar-refractivity contribution in [2.24, 2.45) is 0 Å². The first kappa shape index (κ1) is 22.5. The van der Waals surface area contributed by atoms with Crippen LogP contribution in [0, 0.1) is 6.92 Å². The topological polar surface area (TPSA) is 36.4 Å². The molecule has 6 heteroatoms. The van der Waals surface area contributed by atoms with Crippen LogP contribution in [0.5, 0.6) is 0 Å². The van der Waals surface area contributed by atoms with Gasteiger partial charge in [0, 0.05) is 17.1 Å². The van der Waals surface area contributed by atoms with E-state index in [0.29, 0.717) is 22.3 Å². The average molecular weight is 464 g/mol. The Kier molecular flexibility index (Phi) is 6.89. The number of thiazole rings is 1. The summed E-state index contributed by atoms with van der Waals surface area (Å²) in [5, 5.41) is 1.40. The number of fused-ring (bicyclic) bond motifs is 1. The molecule has 0 bridgehead atoms. The van der Waals surface area contributed by atoms with Crippen molar-refractivity contribution in [2.75, 3.05) is 32.1 Å². The van der Waals surface area contributed by atoms with E-state index in [9.17, 15) is 4.79 Å². The smallest absolute Gasteiger partial charge is 0.260 e. The van der Waals surface area contributed by atoms with E-state index in [2.05, 4.69) is 17.0 Å². The molecule has 164 valence electrons. The lowest BCUT2D eigenvalue weighted by Crippen LogP contribution is -2.33. The number of nitrogens with zero attached hydrogens (tertiary/aromatic N) is 3. The van der Waals surface area contributed by atoms with Gasteiger partial charge in [-0.25, -0.2) is 4.98 Å². The van der Waals surface area contributed by atoms with Crippen molar-refractivity contribution < 1.29 is 4.79 Å². The molecule has 0 fully saturated rings. The van der Waals surface area contributed by atoms with E-state index < -0.39 is 0 Å². The number of benzene rings is 3. The van der Waals surface area contributed by atoms with Crippen LogP contribution >= 0.6 is 22.9 Å². The van der Waals surface area contributed by atoms with E-state index in [1.54, 1.807) is 4.90 Å². The van der Waals surface area contributed by atoms with Gasteiger partial charge in [0.15, 0.2) is 5.13 Å². The minimum Gasteiger partial charge on any atom is -0.309 e. The molecule has 0 N–H and O–H groups in total. The summed E-state index contributed by atoms with van der Waals surface area (Å²) in [6.07, 6.45) is 0.858. The van der Waals surface area contributed by atoms with Gasteiger partial charge in [0.25, 0.3) is 5.91 Å². The highest BCUT2D eigenvalue weighted by molar-refractivity contribution is 7.22. The zero-order chi connectivity index (χ0) is 22.7. The Morgan fingerprint density at radius 2 is 1.66 bits per heavy atom. The number of aromatic nitrogens is 1. The summed E-state index contributed by atoms with van der Waals surface area (Å²) >= 11 is 7.76. The first-order valence-electron chi connectivity index (χ1n) is 10.6. The van der Waals surface area contributed by atoms with Gasteiger partial charge < -0.3 is 4.90 Å². The van der Waals surface area contributed by atoms with Crippen LogP contribution in [-0.4, -0.2) is 43.0 Å². The van der Waals surface area contributed by atoms with Crippen LogP contribution in [-0.2, 0) is 0 Å². The van der Waals surface area contributed by atoms with E-state index in [1.165, 1.54) is 11.3 Å². The van der Waals surface area contributed by atoms with Crippen molar-refractivity contribution >= 4 is 44.2 Å². The van der Waals surface area contributed by atoms with Crippen LogP contribution in [0.2, 0.25) is 5.02 Å². The predicted molar refractivity (Wildman–Crippen MR) is 136 cm³/mol. The molecule has 0 atom stereocenters. The monoisotopic (exact) mass is 463 g/mol. The van der Waals surface area contributed by atoms with Gasteiger partial charge in [-0.1, -0.05) is 65.4 Å². The van der Waals surface area contributed by atoms with Crippen LogP contribution in [0.15, 0.2) is 66.7 Å². The molecule has 0 radical (unpaired) electrons. The molecular weight excluding hydrogens is 438 g/mol. The van der Waals surface area contributed by atoms with Crippen molar-refractivity contribution in [2.45, 2.75) is 13.3 Å². The van der Waals surface area contributed by atoms with E-state index in [-0.39, 0.29) is 5.91 Å². The second kappa shape index (κ2) is 9.82. The molecule has 0 saturated heterocycles. The Balaban J connectivity index is 1.65. The fourth-order valence-electron chi connectivity index (χ4n) is 3.68. The van der Waals surface area contributed by atoms with Gasteiger partial charge in [0.2, 0.25) is 0 Å². The number of anilines is 1. The Morgan fingerprint density at radius 3 is 2.34 bits per heavy atom. The standard InChI is InChI=1S/C26H26ClN3OS/c1-18-16-22(27)17-23-24(18)28-26(32-23)30(15-7-14-29(2)3)25(31)21-12-10-20(11-13-21)19-8-5-4-6-9-19/h4-6,8-13,16-17H,7,14-15H2,1-3H3. The normalized spacial score (nSPS) is 11.3. The largest absolute Gasteiger partial charge is 0.309 e. The molecule has 1 aromatic heterocycles. The van der Waals surface area contributed by atoms with Crippen LogP contribution in [0.1, 0.15) is 22.3 Å². The Labute approximate surface area is 198 Å². The maximum Gasteiger partial charge on any atom is 0.260 e. The number of amides is 1. The van der Waals surface area contributed by atoms with Crippen molar-refractivity contribution in [3.63, 3.8) is 0 Å². The minimum absolute atomic E-state index is 0.0360. The molecule has 4 nitrogen and oxygen atoms in total. The van der Waals surface area contributed by atoms with Gasteiger partial charge in [0.05, 0.1) is 10.2 Å². The average Bonchev–Trinajstić information content (AvgIpc) is 3.21. The summed E-state index contributed by atoms with van der Waals surface area (Å²) in [6.45, 7) is 3.49. The molecule has 4 aromatic rings. The second-order valence-corrected chi connectivity index (χ2v) is 9.57. The lowest BCUT2D eigenvalue weighted by molar-refractivity contribution is 0.0986. The Bertz CT molecular complexity index is 1220. The summed E-state index contributed by atoms with van der Waals surface area (Å²) in [5.41, 5.74) is 4.80. The highest BCUT2D eigenvalue weighted by Gasteiger charge is 2.22. The molecule has 0 aliphatic carbocycles. The number of carbonyl (C=O) groups is 1. The number of hydrogen-bond donors (Lipinski definition) is 0. The molecule has 0 unspecified atom stereocenters. The van der Waals surface area contributed by atoms with Crippen molar-refractivity contribution in [1.82, 2.24) is 9.88 Å². The summed E-state index contributed by atoms with van der Waals surface area (Å²) in [6, 6.07) is 21.8. The number of carbonyl (C=O) groups excluding carboxylic acids is 1. The Hall–Kier alpha value is -2.73. The van der Waals surface area contributed by atoms with Gasteiger partial charge in [-0.05, 0) is 74.9 Å². The van der Waals surface area contributed by atoms with Gasteiger partial charge in [0.1, 0.15) is 0 Å². The predicted octanol–water partition coefficient (Wildman–Crippen LogP) is 6.52. The zero-order valence-electron chi connectivity index (χ0n) is 18.5. The molecule has 32 heavy (non-hydrogen) atoms. The van der Waals surface area contributed by atoms with Gasteiger partial charge in [-0.2, -0.15) is 0 Å². The van der Waals surface area contributed by atoms with Crippen molar-refractivity contribution in [3.05, 3.63) is 82.9 Å². The van der Waals surface area contributed by atoms with Gasteiger partial charge in [-0.15, -0.1) is 0 Å². The fraction of sp³-hybridized carbons (Fsp3) is 0.231. The molecule has 0 spiro atoms. The number of hydrogen-bond acceptors (Lipinski definition) is 4. The molecule has 1 amide bonds. The lowest BCUT2D eigenvalue weighted by Gasteiger charge is -2.21.